The van der Waals surface area contributed by atoms with Gasteiger partial charge in [0.2, 0.25) is 0 Å². The second-order valence-corrected chi connectivity index (χ2v) is 9.75. The summed E-state index contributed by atoms with van der Waals surface area (Å²) in [4.78, 5) is 30.3. The number of hydrogen-bond acceptors (Lipinski definition) is 6. The minimum Gasteiger partial charge on any atom is -0.462 e. The zero-order valence-corrected chi connectivity index (χ0v) is 21.0. The highest BCUT2D eigenvalue weighted by molar-refractivity contribution is 7.15. The van der Waals surface area contributed by atoms with E-state index in [-0.39, 0.29) is 18.6 Å². The van der Waals surface area contributed by atoms with Gasteiger partial charge in [-0.1, -0.05) is 80.0 Å². The number of rotatable bonds is 8. The Bertz CT molecular complexity index is 1160. The molecule has 0 aliphatic rings. The minimum absolute atomic E-state index is 0.0772. The molecule has 0 radical (unpaired) electrons. The molecular formula is C27H30N2O4S. The van der Waals surface area contributed by atoms with Gasteiger partial charge in [0, 0.05) is 10.9 Å². The number of oxime groups is 1. The van der Waals surface area contributed by atoms with Gasteiger partial charge in [-0.05, 0) is 36.0 Å². The van der Waals surface area contributed by atoms with Gasteiger partial charge in [-0.25, -0.2) is 4.79 Å². The first kappa shape index (κ1) is 25.2. The summed E-state index contributed by atoms with van der Waals surface area (Å²) >= 11 is 1.27. The second kappa shape index (κ2) is 11.1. The van der Waals surface area contributed by atoms with Crippen LogP contribution in [0.3, 0.4) is 0 Å². The molecule has 0 aliphatic carbocycles. The molecule has 0 unspecified atom stereocenters. The van der Waals surface area contributed by atoms with Crippen molar-refractivity contribution in [3.63, 3.8) is 0 Å². The van der Waals surface area contributed by atoms with Crippen LogP contribution in [-0.4, -0.2) is 31.3 Å². The first-order valence-electron chi connectivity index (χ1n) is 11.1. The smallest absolute Gasteiger partial charge is 0.341 e. The highest BCUT2D eigenvalue weighted by atomic mass is 32.1. The molecule has 0 atom stereocenters. The van der Waals surface area contributed by atoms with Crippen LogP contribution in [0.5, 0.6) is 0 Å². The highest BCUT2D eigenvalue weighted by Gasteiger charge is 2.23. The van der Waals surface area contributed by atoms with E-state index in [9.17, 15) is 9.59 Å². The summed E-state index contributed by atoms with van der Waals surface area (Å²) in [6.45, 7) is 10.2. The Hall–Kier alpha value is -3.45. The number of esters is 1. The quantitative estimate of drug-likeness (QED) is 0.238. The van der Waals surface area contributed by atoms with Crippen molar-refractivity contribution in [3.05, 3.63) is 76.2 Å². The number of carbonyl (C=O) groups is 2. The van der Waals surface area contributed by atoms with Crippen LogP contribution >= 0.6 is 11.3 Å². The van der Waals surface area contributed by atoms with Gasteiger partial charge in [0.1, 0.15) is 10.6 Å². The van der Waals surface area contributed by atoms with Gasteiger partial charge in [-0.2, -0.15) is 0 Å². The molecule has 0 spiro atoms. The number of nitrogens with one attached hydrogen (secondary N) is 1. The van der Waals surface area contributed by atoms with E-state index in [1.54, 1.807) is 13.1 Å². The van der Waals surface area contributed by atoms with Crippen molar-refractivity contribution >= 4 is 34.4 Å². The maximum absolute atomic E-state index is 12.7. The van der Waals surface area contributed by atoms with Gasteiger partial charge in [0.15, 0.2) is 6.61 Å². The second-order valence-electron chi connectivity index (χ2n) is 8.87. The zero-order chi connectivity index (χ0) is 24.7. The lowest BCUT2D eigenvalue weighted by Crippen LogP contribution is -2.18. The summed E-state index contributed by atoms with van der Waals surface area (Å²) in [7, 11) is 0. The minimum atomic E-state index is -0.479. The zero-order valence-electron chi connectivity index (χ0n) is 20.2. The number of aryl methyl sites for hydroxylation is 1. The molecule has 3 rings (SSSR count). The molecule has 0 fully saturated rings. The van der Waals surface area contributed by atoms with E-state index in [2.05, 4.69) is 31.2 Å². The third kappa shape index (κ3) is 6.54. The van der Waals surface area contributed by atoms with Crippen LogP contribution in [0.1, 0.15) is 54.7 Å². The van der Waals surface area contributed by atoms with Gasteiger partial charge < -0.3 is 14.9 Å². The van der Waals surface area contributed by atoms with Crippen molar-refractivity contribution in [1.82, 2.24) is 0 Å². The number of benzene rings is 2. The van der Waals surface area contributed by atoms with Crippen LogP contribution < -0.4 is 5.32 Å². The predicted molar refractivity (Wildman–Crippen MR) is 138 cm³/mol. The molecule has 6 nitrogen and oxygen atoms in total. The third-order valence-electron chi connectivity index (χ3n) is 5.13. The van der Waals surface area contributed by atoms with E-state index in [0.29, 0.717) is 10.6 Å². The van der Waals surface area contributed by atoms with E-state index in [4.69, 9.17) is 9.57 Å². The molecule has 0 bridgehead atoms. The van der Waals surface area contributed by atoms with E-state index in [0.717, 1.165) is 22.3 Å². The number of thiophene rings is 1. The van der Waals surface area contributed by atoms with Crippen molar-refractivity contribution in [3.8, 4) is 11.1 Å². The normalized spacial score (nSPS) is 11.4. The van der Waals surface area contributed by atoms with Crippen LogP contribution in [0.25, 0.3) is 11.1 Å². The topological polar surface area (TPSA) is 77.0 Å². The molecule has 1 aromatic heterocycles. The Morgan fingerprint density at radius 1 is 1.06 bits per heavy atom. The van der Waals surface area contributed by atoms with Crippen molar-refractivity contribution in [2.24, 2.45) is 5.16 Å². The van der Waals surface area contributed by atoms with Gasteiger partial charge in [-0.15, -0.1) is 11.3 Å². The molecule has 2 aromatic carbocycles. The summed E-state index contributed by atoms with van der Waals surface area (Å²) in [5.41, 5.74) is 5.23. The van der Waals surface area contributed by atoms with Crippen molar-refractivity contribution in [1.29, 1.82) is 0 Å². The van der Waals surface area contributed by atoms with Crippen LogP contribution in [0, 0.1) is 6.92 Å². The summed E-state index contributed by atoms with van der Waals surface area (Å²) in [5, 5.41) is 8.90. The largest absolute Gasteiger partial charge is 0.462 e. The first-order chi connectivity index (χ1) is 16.2. The van der Waals surface area contributed by atoms with Crippen LogP contribution in [0.4, 0.5) is 5.00 Å². The monoisotopic (exact) mass is 478 g/mol. The van der Waals surface area contributed by atoms with E-state index < -0.39 is 11.9 Å². The van der Waals surface area contributed by atoms with Gasteiger partial charge in [0.25, 0.3) is 5.91 Å². The molecule has 1 N–H and O–H groups in total. The molecule has 1 heterocycles. The highest BCUT2D eigenvalue weighted by Crippen LogP contribution is 2.36. The SMILES string of the molecule is CCOC(=O)c1c(-c2ccc(C)cc2)csc1NC(=O)CO/N=C\c1ccc(C(C)(C)C)cc1. The molecule has 0 saturated heterocycles. The average molecular weight is 479 g/mol. The predicted octanol–water partition coefficient (Wildman–Crippen LogP) is 6.19. The molecule has 3 aromatic rings. The molecule has 1 amide bonds. The van der Waals surface area contributed by atoms with Crippen LogP contribution in [0.2, 0.25) is 0 Å². The van der Waals surface area contributed by atoms with Gasteiger partial charge in [-0.3, -0.25) is 4.79 Å². The molecular weight excluding hydrogens is 448 g/mol. The van der Waals surface area contributed by atoms with Crippen LogP contribution in [0.15, 0.2) is 59.1 Å². The fourth-order valence-electron chi connectivity index (χ4n) is 3.23. The molecule has 34 heavy (non-hydrogen) atoms. The molecule has 0 aliphatic heterocycles. The summed E-state index contributed by atoms with van der Waals surface area (Å²) in [5.74, 6) is -0.893. The lowest BCUT2D eigenvalue weighted by molar-refractivity contribution is -0.120. The summed E-state index contributed by atoms with van der Waals surface area (Å²) in [6, 6.07) is 15.8. The Labute approximate surface area is 204 Å². The Balaban J connectivity index is 1.65. The van der Waals surface area contributed by atoms with Crippen molar-refractivity contribution in [2.45, 2.75) is 40.0 Å². The standard InChI is InChI=1S/C27H30N2O4S/c1-6-32-26(31)24-22(20-11-7-18(2)8-12-20)17-34-25(24)29-23(30)16-33-28-15-19-9-13-21(14-10-19)27(3,4)5/h7-15,17H,6,16H2,1-5H3,(H,29,30)/b28-15-. The molecule has 178 valence electrons. The van der Waals surface area contributed by atoms with E-state index >= 15 is 0 Å². The Kier molecular flexibility index (Phi) is 8.23. The van der Waals surface area contributed by atoms with E-state index in [1.807, 2.05) is 60.8 Å². The van der Waals surface area contributed by atoms with Crippen LogP contribution in [-0.2, 0) is 19.8 Å². The number of nitrogens with zero attached hydrogens (tertiary/aromatic N) is 1. The number of anilines is 1. The maximum atomic E-state index is 12.7. The fraction of sp³-hybridized carbons (Fsp3) is 0.296. The Morgan fingerprint density at radius 3 is 2.35 bits per heavy atom. The summed E-state index contributed by atoms with van der Waals surface area (Å²) in [6.07, 6.45) is 1.56. The lowest BCUT2D eigenvalue weighted by Gasteiger charge is -2.18. The van der Waals surface area contributed by atoms with Gasteiger partial charge >= 0.3 is 5.97 Å². The molecule has 0 saturated carbocycles. The fourth-order valence-corrected chi connectivity index (χ4v) is 4.20. The Morgan fingerprint density at radius 2 is 1.74 bits per heavy atom. The van der Waals surface area contributed by atoms with Crippen molar-refractivity contribution < 1.29 is 19.2 Å². The first-order valence-corrected chi connectivity index (χ1v) is 12.0. The van der Waals surface area contributed by atoms with Crippen molar-refractivity contribution in [2.75, 3.05) is 18.5 Å². The summed E-state index contributed by atoms with van der Waals surface area (Å²) < 4.78 is 5.23. The number of amides is 1. The van der Waals surface area contributed by atoms with Gasteiger partial charge in [0.05, 0.1) is 12.8 Å². The maximum Gasteiger partial charge on any atom is 0.341 e. The molecule has 7 heteroatoms. The number of carbonyl (C=O) groups excluding carboxylic acids is 2. The average Bonchev–Trinajstić information content (AvgIpc) is 3.20. The number of hydrogen-bond donors (Lipinski definition) is 1. The third-order valence-corrected chi connectivity index (χ3v) is 6.03. The lowest BCUT2D eigenvalue weighted by atomic mass is 9.87. The number of ether oxygens (including phenoxy) is 1. The van der Waals surface area contributed by atoms with E-state index in [1.165, 1.54) is 16.9 Å².